The van der Waals surface area contributed by atoms with E-state index in [0.717, 1.165) is 23.7 Å². The summed E-state index contributed by atoms with van der Waals surface area (Å²) in [6, 6.07) is 8.00. The van der Waals surface area contributed by atoms with Crippen LogP contribution in [-0.4, -0.2) is 43.2 Å². The lowest BCUT2D eigenvalue weighted by Crippen LogP contribution is -2.53. The number of esters is 1. The summed E-state index contributed by atoms with van der Waals surface area (Å²) >= 11 is 2.14. The van der Waals surface area contributed by atoms with Crippen molar-refractivity contribution in [1.82, 2.24) is 0 Å². The molecule has 40 heavy (non-hydrogen) atoms. The largest absolute Gasteiger partial charge is 0.514 e. The van der Waals surface area contributed by atoms with Crippen LogP contribution >= 0.6 is 22.6 Å². The molecule has 1 heterocycles. The molecular formula is C29H42INO8Si. The van der Waals surface area contributed by atoms with E-state index in [1.807, 2.05) is 37.0 Å². The van der Waals surface area contributed by atoms with Crippen LogP contribution in [0.2, 0.25) is 18.1 Å². The molecule has 0 saturated heterocycles. The van der Waals surface area contributed by atoms with Crippen LogP contribution < -0.4 is 4.74 Å². The average Bonchev–Trinajstić information content (AvgIpc) is 2.94. The first-order chi connectivity index (χ1) is 18.9. The average molecular weight is 688 g/mol. The van der Waals surface area contributed by atoms with Crippen LogP contribution in [0.4, 0.5) is 10.5 Å². The van der Waals surface area contributed by atoms with Gasteiger partial charge >= 0.3 is 12.1 Å². The topological polar surface area (TPSA) is 114 Å². The molecule has 0 bridgehead atoms. The molecule has 0 N–H and O–H groups in total. The molecule has 0 spiro atoms. The van der Waals surface area contributed by atoms with E-state index in [0.29, 0.717) is 25.7 Å². The maximum absolute atomic E-state index is 13.0. The molecule has 0 aromatic heterocycles. The molecule has 0 saturated carbocycles. The zero-order valence-corrected chi connectivity index (χ0v) is 27.5. The highest BCUT2D eigenvalue weighted by Crippen LogP contribution is 2.36. The summed E-state index contributed by atoms with van der Waals surface area (Å²) in [5.41, 5.74) is -0.0401. The summed E-state index contributed by atoms with van der Waals surface area (Å²) in [7, 11) is -2.15. The van der Waals surface area contributed by atoms with Crippen LogP contribution in [0.25, 0.3) is 0 Å². The molecule has 11 heteroatoms. The molecule has 0 amide bonds. The monoisotopic (exact) mass is 687 g/mol. The second-order valence-corrected chi connectivity index (χ2v) is 15.8. The van der Waals surface area contributed by atoms with Crippen LogP contribution in [0.5, 0.6) is 5.75 Å². The van der Waals surface area contributed by atoms with E-state index >= 15 is 0 Å². The van der Waals surface area contributed by atoms with E-state index in [2.05, 4.69) is 43.4 Å². The molecule has 9 nitrogen and oxygen atoms in total. The van der Waals surface area contributed by atoms with Gasteiger partial charge in [0.2, 0.25) is 0 Å². The van der Waals surface area contributed by atoms with Crippen molar-refractivity contribution in [2.24, 2.45) is 5.92 Å². The number of carbonyl (C=O) groups excluding carboxylic acids is 2. The van der Waals surface area contributed by atoms with Gasteiger partial charge in [0.05, 0.1) is 10.5 Å². The fourth-order valence-corrected chi connectivity index (χ4v) is 8.43. The van der Waals surface area contributed by atoms with E-state index in [1.54, 1.807) is 0 Å². The quantitative estimate of drug-likeness (QED) is 0.0485. The minimum absolute atomic E-state index is 0.107. The molecule has 0 fully saturated rings. The van der Waals surface area contributed by atoms with Gasteiger partial charge in [0.1, 0.15) is 11.9 Å². The van der Waals surface area contributed by atoms with Crippen molar-refractivity contribution in [3.8, 4) is 5.75 Å². The molecular weight excluding hydrogens is 645 g/mol. The van der Waals surface area contributed by atoms with Crippen LogP contribution in [0.3, 0.4) is 0 Å². The number of hydrogen-bond acceptors (Lipinski definition) is 8. The smallest absolute Gasteiger partial charge is 0.457 e. The van der Waals surface area contributed by atoms with Crippen molar-refractivity contribution < 1.29 is 33.1 Å². The Morgan fingerprint density at radius 3 is 2.35 bits per heavy atom. The van der Waals surface area contributed by atoms with E-state index in [4.69, 9.17) is 18.6 Å². The number of non-ortho nitro benzene ring substituents is 1. The molecule has 4 atom stereocenters. The van der Waals surface area contributed by atoms with Crippen molar-refractivity contribution in [3.63, 3.8) is 0 Å². The lowest BCUT2D eigenvalue weighted by molar-refractivity contribution is -0.384. The standard InChI is InChI=1S/C29H42INO8Si/c1-7-40(8-2,9-3)39-29(6)19-11-10-12-26(32)38-27(22(5)20-30)21(4)13-18-25(29)37-28(33)36-24-16-14-23(15-17-24)31(34)35/h13-18,20-21,25,27H,7-12,19H2,1-6H3/b18-13+,22-20+/t21-,25-,27-,29+/m0/s1. The normalized spacial score (nSPS) is 25.6. The fraction of sp³-hybridized carbons (Fsp3) is 0.586. The van der Waals surface area contributed by atoms with Gasteiger partial charge in [0, 0.05) is 24.5 Å². The van der Waals surface area contributed by atoms with Gasteiger partial charge in [-0.3, -0.25) is 14.9 Å². The first-order valence-corrected chi connectivity index (χ1v) is 17.7. The lowest BCUT2D eigenvalue weighted by atomic mass is 9.89. The van der Waals surface area contributed by atoms with Crippen LogP contribution in [0, 0.1) is 16.0 Å². The molecule has 0 aliphatic carbocycles. The Bertz CT molecular complexity index is 1060. The highest BCUT2D eigenvalue weighted by Gasteiger charge is 2.44. The van der Waals surface area contributed by atoms with Gasteiger partial charge in [-0.15, -0.1) is 0 Å². The highest BCUT2D eigenvalue weighted by atomic mass is 127. The van der Waals surface area contributed by atoms with Crippen LogP contribution in [0.15, 0.2) is 46.1 Å². The Balaban J connectivity index is 2.48. The zero-order chi connectivity index (χ0) is 29.9. The number of benzene rings is 1. The van der Waals surface area contributed by atoms with Gasteiger partial charge in [-0.25, -0.2) is 4.79 Å². The lowest BCUT2D eigenvalue weighted by Gasteiger charge is -2.43. The molecule has 0 radical (unpaired) electrons. The molecule has 222 valence electrons. The maximum atomic E-state index is 13.0. The van der Waals surface area contributed by atoms with Crippen LogP contribution in [0.1, 0.15) is 67.2 Å². The summed E-state index contributed by atoms with van der Waals surface area (Å²) in [6.45, 7) is 12.3. The van der Waals surface area contributed by atoms with Crippen molar-refractivity contribution in [2.45, 2.75) is 103 Å². The molecule has 1 aromatic rings. The van der Waals surface area contributed by atoms with Gasteiger partial charge in [0.25, 0.3) is 5.69 Å². The Labute approximate surface area is 252 Å². The number of nitro benzene ring substituents is 1. The molecule has 2 rings (SSSR count). The van der Waals surface area contributed by atoms with Crippen LogP contribution in [-0.2, 0) is 18.7 Å². The van der Waals surface area contributed by atoms with Gasteiger partial charge in [-0.1, -0.05) is 56.4 Å². The van der Waals surface area contributed by atoms with E-state index in [1.165, 1.54) is 24.3 Å². The highest BCUT2D eigenvalue weighted by molar-refractivity contribution is 14.1. The number of rotatable bonds is 9. The Morgan fingerprint density at radius 1 is 1.18 bits per heavy atom. The molecule has 1 aliphatic heterocycles. The second-order valence-electron chi connectivity index (χ2n) is 10.5. The van der Waals surface area contributed by atoms with E-state index in [-0.39, 0.29) is 23.3 Å². The summed E-state index contributed by atoms with van der Waals surface area (Å²) in [5.74, 6) is -0.288. The Kier molecular flexibility index (Phi) is 13.3. The minimum Gasteiger partial charge on any atom is -0.457 e. The molecule has 1 aromatic carbocycles. The van der Waals surface area contributed by atoms with Crippen molar-refractivity contribution in [3.05, 3.63) is 56.2 Å². The van der Waals surface area contributed by atoms with Crippen molar-refractivity contribution in [2.75, 3.05) is 0 Å². The van der Waals surface area contributed by atoms with E-state index < -0.39 is 37.2 Å². The number of ether oxygens (including phenoxy) is 3. The third-order valence-electron chi connectivity index (χ3n) is 7.71. The van der Waals surface area contributed by atoms with Gasteiger partial charge in [-0.2, -0.15) is 0 Å². The summed E-state index contributed by atoms with van der Waals surface area (Å²) < 4.78 is 26.1. The third kappa shape index (κ3) is 9.40. The Hall–Kier alpha value is -2.25. The predicted molar refractivity (Wildman–Crippen MR) is 165 cm³/mol. The number of cyclic esters (lactones) is 1. The second kappa shape index (κ2) is 15.7. The van der Waals surface area contributed by atoms with Crippen molar-refractivity contribution >= 4 is 48.7 Å². The van der Waals surface area contributed by atoms with Gasteiger partial charge < -0.3 is 18.6 Å². The minimum atomic E-state index is -2.15. The zero-order valence-electron chi connectivity index (χ0n) is 24.3. The van der Waals surface area contributed by atoms with E-state index in [9.17, 15) is 19.7 Å². The maximum Gasteiger partial charge on any atom is 0.514 e. The molecule has 0 unspecified atom stereocenters. The number of halogens is 1. The molecule has 1 aliphatic rings. The van der Waals surface area contributed by atoms with Gasteiger partial charge in [0.15, 0.2) is 14.4 Å². The summed E-state index contributed by atoms with van der Waals surface area (Å²) in [4.78, 5) is 36.1. The first-order valence-electron chi connectivity index (χ1n) is 13.9. The number of nitro groups is 1. The van der Waals surface area contributed by atoms with Crippen molar-refractivity contribution in [1.29, 1.82) is 0 Å². The number of hydrogen-bond donors (Lipinski definition) is 0. The first kappa shape index (κ1) is 34.0. The van der Waals surface area contributed by atoms with Gasteiger partial charge in [-0.05, 0) is 79.1 Å². The summed E-state index contributed by atoms with van der Waals surface area (Å²) in [5, 5.41) is 11.0. The number of carbonyl (C=O) groups is 2. The third-order valence-corrected chi connectivity index (χ3v) is 13.5. The summed E-state index contributed by atoms with van der Waals surface area (Å²) in [6.07, 6.45) is 3.73. The Morgan fingerprint density at radius 2 is 1.80 bits per heavy atom. The fourth-order valence-electron chi connectivity index (χ4n) is 4.94. The number of nitrogens with zero attached hydrogens (tertiary/aromatic N) is 1. The SMILES string of the molecule is CC[Si](CC)(CC)O[C@]1(C)CCCCC(=O)O[C@H](/C(C)=C/I)[C@@H](C)/C=C/[C@@H]1OC(=O)Oc1ccc([N+](=O)[O-])cc1. The predicted octanol–water partition coefficient (Wildman–Crippen LogP) is 8.28.